The first kappa shape index (κ1) is 23.3. The van der Waals surface area contributed by atoms with Crippen molar-refractivity contribution in [3.63, 3.8) is 0 Å². The molecule has 0 radical (unpaired) electrons. The molecular formula is C23H22Cl2FN3O4. The van der Waals surface area contributed by atoms with Gasteiger partial charge in [0, 0.05) is 23.0 Å². The molecule has 1 aliphatic carbocycles. The number of ether oxygens (including phenoxy) is 1. The molecule has 0 unspecified atom stereocenters. The molecule has 33 heavy (non-hydrogen) atoms. The minimum Gasteiger partial charge on any atom is -0.484 e. The molecule has 0 atom stereocenters. The standard InChI is InChI=1S/C23H22Cl2FN3O4/c24-14-3-8-20-19(9-14)29-22(33-20)11-27-23(31)13-1-4-15(5-2-13)28-21(30)12-32-16-6-7-17(25)18(26)10-16/h3,6-10,13,15H,1-2,4-5,11-12H2,(H,27,31)(H,28,30). The Kier molecular flexibility index (Phi) is 7.35. The lowest BCUT2D eigenvalue weighted by atomic mass is 9.85. The Labute approximate surface area is 199 Å². The first-order valence-corrected chi connectivity index (χ1v) is 11.3. The van der Waals surface area contributed by atoms with E-state index in [4.69, 9.17) is 32.4 Å². The summed E-state index contributed by atoms with van der Waals surface area (Å²) in [6, 6.07) is 9.14. The minimum absolute atomic E-state index is 0.00800. The number of carbonyl (C=O) groups excluding carboxylic acids is 2. The van der Waals surface area contributed by atoms with Gasteiger partial charge in [0.25, 0.3) is 5.91 Å². The lowest BCUT2D eigenvalue weighted by molar-refractivity contribution is -0.126. The number of hydrogen-bond donors (Lipinski definition) is 2. The summed E-state index contributed by atoms with van der Waals surface area (Å²) in [5.41, 5.74) is 1.26. The van der Waals surface area contributed by atoms with Gasteiger partial charge >= 0.3 is 0 Å². The van der Waals surface area contributed by atoms with Gasteiger partial charge in [-0.05, 0) is 56.0 Å². The van der Waals surface area contributed by atoms with E-state index in [1.807, 2.05) is 0 Å². The number of nitrogens with one attached hydrogen (secondary N) is 2. The molecule has 1 aromatic heterocycles. The first-order chi connectivity index (χ1) is 15.9. The predicted octanol–water partition coefficient (Wildman–Crippen LogP) is 4.64. The number of nitrogens with zero attached hydrogens (tertiary/aromatic N) is 1. The van der Waals surface area contributed by atoms with Crippen LogP contribution in [0.25, 0.3) is 11.1 Å². The fraction of sp³-hybridized carbons (Fsp3) is 0.348. The number of hydrogen-bond acceptors (Lipinski definition) is 5. The van der Waals surface area contributed by atoms with Crippen LogP contribution in [0.4, 0.5) is 4.39 Å². The molecule has 174 valence electrons. The predicted molar refractivity (Wildman–Crippen MR) is 122 cm³/mol. The Balaban J connectivity index is 1.18. The van der Waals surface area contributed by atoms with E-state index in [1.54, 1.807) is 18.2 Å². The number of rotatable bonds is 7. The number of aromatic nitrogens is 1. The van der Waals surface area contributed by atoms with Gasteiger partial charge in [-0.25, -0.2) is 9.37 Å². The van der Waals surface area contributed by atoms with Gasteiger partial charge in [-0.3, -0.25) is 9.59 Å². The fourth-order valence-electron chi connectivity index (χ4n) is 3.82. The van der Waals surface area contributed by atoms with Gasteiger partial charge in [0.05, 0.1) is 11.6 Å². The van der Waals surface area contributed by atoms with Crippen molar-refractivity contribution in [2.45, 2.75) is 38.3 Å². The summed E-state index contributed by atoms with van der Waals surface area (Å²) < 4.78 is 24.4. The molecule has 0 spiro atoms. The lowest BCUT2D eigenvalue weighted by Gasteiger charge is -2.28. The summed E-state index contributed by atoms with van der Waals surface area (Å²) in [6.45, 7) is -0.0262. The van der Waals surface area contributed by atoms with E-state index in [0.717, 1.165) is 6.07 Å². The third kappa shape index (κ3) is 6.15. The maximum atomic E-state index is 13.4. The zero-order valence-electron chi connectivity index (χ0n) is 17.6. The maximum Gasteiger partial charge on any atom is 0.258 e. The van der Waals surface area contributed by atoms with Gasteiger partial charge in [-0.2, -0.15) is 0 Å². The van der Waals surface area contributed by atoms with E-state index < -0.39 is 5.82 Å². The lowest BCUT2D eigenvalue weighted by Crippen LogP contribution is -2.42. The number of halogens is 3. The topological polar surface area (TPSA) is 93.5 Å². The first-order valence-electron chi connectivity index (χ1n) is 10.6. The Morgan fingerprint density at radius 1 is 1.12 bits per heavy atom. The Hall–Kier alpha value is -2.84. The van der Waals surface area contributed by atoms with Crippen LogP contribution in [0.3, 0.4) is 0 Å². The zero-order chi connectivity index (χ0) is 23.4. The van der Waals surface area contributed by atoms with Crippen LogP contribution in [0, 0.1) is 11.7 Å². The summed E-state index contributed by atoms with van der Waals surface area (Å²) in [6.07, 6.45) is 2.67. The van der Waals surface area contributed by atoms with E-state index in [0.29, 0.717) is 47.7 Å². The molecule has 1 fully saturated rings. The van der Waals surface area contributed by atoms with E-state index >= 15 is 0 Å². The molecule has 7 nitrogen and oxygen atoms in total. The van der Waals surface area contributed by atoms with Crippen LogP contribution in [-0.4, -0.2) is 29.4 Å². The van der Waals surface area contributed by atoms with Crippen molar-refractivity contribution in [3.8, 4) is 5.75 Å². The van der Waals surface area contributed by atoms with Crippen molar-refractivity contribution < 1.29 is 23.1 Å². The van der Waals surface area contributed by atoms with Crippen LogP contribution >= 0.6 is 23.2 Å². The summed E-state index contributed by atoms with van der Waals surface area (Å²) >= 11 is 11.6. The molecule has 2 amide bonds. The van der Waals surface area contributed by atoms with Crippen molar-refractivity contribution in [1.82, 2.24) is 15.6 Å². The van der Waals surface area contributed by atoms with Crippen LogP contribution < -0.4 is 15.4 Å². The summed E-state index contributed by atoms with van der Waals surface area (Å²) in [5, 5.41) is 6.33. The number of oxazole rings is 1. The number of benzene rings is 2. The van der Waals surface area contributed by atoms with Crippen molar-refractivity contribution >= 4 is 46.1 Å². The molecule has 10 heteroatoms. The summed E-state index contributed by atoms with van der Waals surface area (Å²) in [5.74, 6) is -0.448. The molecule has 2 N–H and O–H groups in total. The van der Waals surface area contributed by atoms with Gasteiger partial charge in [0.2, 0.25) is 11.8 Å². The molecule has 0 saturated heterocycles. The van der Waals surface area contributed by atoms with Crippen LogP contribution in [0.1, 0.15) is 31.6 Å². The normalized spacial score (nSPS) is 18.2. The van der Waals surface area contributed by atoms with Crippen LogP contribution in [0.15, 0.2) is 40.8 Å². The fourth-order valence-corrected chi connectivity index (χ4v) is 4.10. The van der Waals surface area contributed by atoms with E-state index in [-0.39, 0.29) is 47.7 Å². The third-order valence-electron chi connectivity index (χ3n) is 5.53. The van der Waals surface area contributed by atoms with Crippen molar-refractivity contribution in [1.29, 1.82) is 0 Å². The Bertz CT molecular complexity index is 1160. The molecular weight excluding hydrogens is 472 g/mol. The number of carbonyl (C=O) groups is 2. The van der Waals surface area contributed by atoms with E-state index in [1.165, 1.54) is 12.1 Å². The van der Waals surface area contributed by atoms with Crippen molar-refractivity contribution in [3.05, 3.63) is 58.2 Å². The summed E-state index contributed by atoms with van der Waals surface area (Å²) in [7, 11) is 0. The van der Waals surface area contributed by atoms with Crippen LogP contribution in [0.5, 0.6) is 5.75 Å². The number of fused-ring (bicyclic) bond motifs is 1. The van der Waals surface area contributed by atoms with Gasteiger partial charge in [-0.1, -0.05) is 23.2 Å². The van der Waals surface area contributed by atoms with Crippen LogP contribution in [-0.2, 0) is 16.1 Å². The largest absolute Gasteiger partial charge is 0.484 e. The molecule has 3 aromatic rings. The van der Waals surface area contributed by atoms with Crippen molar-refractivity contribution in [2.75, 3.05) is 6.61 Å². The molecule has 1 aliphatic rings. The molecule has 0 aliphatic heterocycles. The van der Waals surface area contributed by atoms with Gasteiger partial charge in [-0.15, -0.1) is 0 Å². The maximum absolute atomic E-state index is 13.4. The molecule has 2 aromatic carbocycles. The molecule has 1 heterocycles. The highest BCUT2D eigenvalue weighted by Crippen LogP contribution is 2.25. The average Bonchev–Trinajstić information content (AvgIpc) is 3.21. The van der Waals surface area contributed by atoms with Gasteiger partial charge < -0.3 is 19.8 Å². The minimum atomic E-state index is -0.605. The Morgan fingerprint density at radius 2 is 1.91 bits per heavy atom. The second kappa shape index (κ2) is 10.4. The quantitative estimate of drug-likeness (QED) is 0.499. The molecule has 1 saturated carbocycles. The van der Waals surface area contributed by atoms with Gasteiger partial charge in [0.15, 0.2) is 12.2 Å². The zero-order valence-corrected chi connectivity index (χ0v) is 19.1. The number of amides is 2. The highest BCUT2D eigenvalue weighted by molar-refractivity contribution is 6.31. The van der Waals surface area contributed by atoms with Gasteiger partial charge in [0.1, 0.15) is 17.1 Å². The SMILES string of the molecule is O=C(COc1ccc(Cl)c(F)c1)NC1CCC(C(=O)NCc2nc3cc(Cl)ccc3o2)CC1. The highest BCUT2D eigenvalue weighted by Gasteiger charge is 2.27. The van der Waals surface area contributed by atoms with Crippen molar-refractivity contribution in [2.24, 2.45) is 5.92 Å². The van der Waals surface area contributed by atoms with E-state index in [9.17, 15) is 14.0 Å². The molecule has 0 bridgehead atoms. The average molecular weight is 494 g/mol. The second-order valence-electron chi connectivity index (χ2n) is 7.92. The third-order valence-corrected chi connectivity index (χ3v) is 6.07. The second-order valence-corrected chi connectivity index (χ2v) is 8.76. The highest BCUT2D eigenvalue weighted by atomic mass is 35.5. The van der Waals surface area contributed by atoms with E-state index in [2.05, 4.69) is 15.6 Å². The molecule has 4 rings (SSSR count). The Morgan fingerprint density at radius 3 is 2.67 bits per heavy atom. The smallest absolute Gasteiger partial charge is 0.258 e. The van der Waals surface area contributed by atoms with Crippen LogP contribution in [0.2, 0.25) is 10.0 Å². The monoisotopic (exact) mass is 493 g/mol. The summed E-state index contributed by atoms with van der Waals surface area (Å²) in [4.78, 5) is 29.0.